The van der Waals surface area contributed by atoms with Gasteiger partial charge in [-0.05, 0) is 71.3 Å². The number of esters is 1. The summed E-state index contributed by atoms with van der Waals surface area (Å²) >= 11 is 3.50. The van der Waals surface area contributed by atoms with Gasteiger partial charge in [-0.1, -0.05) is 72.0 Å². The van der Waals surface area contributed by atoms with Crippen molar-refractivity contribution in [3.63, 3.8) is 0 Å². The molecule has 0 saturated heterocycles. The maximum Gasteiger partial charge on any atom is 0.338 e. The van der Waals surface area contributed by atoms with Crippen molar-refractivity contribution < 1.29 is 19.0 Å². The molecule has 0 fully saturated rings. The minimum atomic E-state index is -0.637. The number of methoxy groups -OCH3 is 1. The van der Waals surface area contributed by atoms with Crippen LogP contribution in [-0.4, -0.2) is 24.3 Å². The number of hydrogen-bond donors (Lipinski definition) is 0. The highest BCUT2D eigenvalue weighted by molar-refractivity contribution is 14.1. The van der Waals surface area contributed by atoms with Crippen molar-refractivity contribution in [2.45, 2.75) is 26.5 Å². The number of halogens is 1. The van der Waals surface area contributed by atoms with Gasteiger partial charge in [0.2, 0.25) is 0 Å². The molecule has 1 aliphatic heterocycles. The van der Waals surface area contributed by atoms with Crippen molar-refractivity contribution in [3.05, 3.63) is 124 Å². The Kier molecular flexibility index (Phi) is 8.51. The van der Waals surface area contributed by atoms with Gasteiger partial charge >= 0.3 is 5.97 Å². The van der Waals surface area contributed by atoms with Gasteiger partial charge in [-0.3, -0.25) is 9.36 Å². The summed E-state index contributed by atoms with van der Waals surface area (Å²) in [4.78, 5) is 32.0. The lowest BCUT2D eigenvalue weighted by Crippen LogP contribution is -2.39. The highest BCUT2D eigenvalue weighted by Crippen LogP contribution is 2.35. The van der Waals surface area contributed by atoms with E-state index in [0.717, 1.165) is 20.3 Å². The summed E-state index contributed by atoms with van der Waals surface area (Å²) in [5.74, 6) is 0.742. The monoisotopic (exact) mass is 666 g/mol. The van der Waals surface area contributed by atoms with Gasteiger partial charge in [-0.25, -0.2) is 9.79 Å². The van der Waals surface area contributed by atoms with Crippen molar-refractivity contribution in [1.29, 1.82) is 0 Å². The van der Waals surface area contributed by atoms with Gasteiger partial charge in [0.25, 0.3) is 5.56 Å². The molecule has 0 amide bonds. The van der Waals surface area contributed by atoms with Crippen LogP contribution in [0.5, 0.6) is 11.5 Å². The Morgan fingerprint density at radius 1 is 1.10 bits per heavy atom. The summed E-state index contributed by atoms with van der Waals surface area (Å²) in [6.45, 7) is 4.18. The highest BCUT2D eigenvalue weighted by Gasteiger charge is 2.33. The van der Waals surface area contributed by atoms with Crippen molar-refractivity contribution in [2.75, 3.05) is 13.7 Å². The van der Waals surface area contributed by atoms with Crippen molar-refractivity contribution in [2.24, 2.45) is 4.99 Å². The number of fused-ring (bicyclic) bond motifs is 1. The zero-order valence-electron chi connectivity index (χ0n) is 22.2. The van der Waals surface area contributed by atoms with E-state index in [1.807, 2.05) is 78.9 Å². The topological polar surface area (TPSA) is 79.1 Å². The molecule has 204 valence electrons. The predicted octanol–water partition coefficient (Wildman–Crippen LogP) is 4.99. The molecule has 2 heterocycles. The second-order valence-electron chi connectivity index (χ2n) is 9.02. The molecule has 9 heteroatoms. The third-order valence-electron chi connectivity index (χ3n) is 6.41. The van der Waals surface area contributed by atoms with Crippen LogP contribution in [0.2, 0.25) is 0 Å². The standard InChI is InChI=1S/C31H27IN2O5S/c1-4-38-30(36)26-19(2)33-31-34(27(26)22-13-9-6-10-14-22)29(35)25(40-31)17-21-15-23(32)28(24(16-21)37-3)39-18-20-11-7-5-8-12-20/h5-17,27H,4,18H2,1-3H3/b25-17-/t27-/m1/s1. The SMILES string of the molecule is CCOC(=O)C1=C(C)N=c2s/c(=C\c3cc(I)c(OCc4ccccc4)c(OC)c3)c(=O)n2[C@@H]1c1ccccc1. The van der Waals surface area contributed by atoms with E-state index >= 15 is 0 Å². The third-order valence-corrected chi connectivity index (χ3v) is 8.19. The Morgan fingerprint density at radius 2 is 1.80 bits per heavy atom. The molecule has 0 spiro atoms. The number of ether oxygens (including phenoxy) is 3. The Labute approximate surface area is 249 Å². The number of allylic oxidation sites excluding steroid dienone is 1. The maximum atomic E-state index is 13.8. The van der Waals surface area contributed by atoms with E-state index in [1.165, 1.54) is 11.3 Å². The molecule has 1 atom stereocenters. The van der Waals surface area contributed by atoms with Crippen molar-refractivity contribution in [1.82, 2.24) is 4.57 Å². The lowest BCUT2D eigenvalue weighted by atomic mass is 9.96. The first-order chi connectivity index (χ1) is 19.4. The van der Waals surface area contributed by atoms with Gasteiger partial charge in [0.1, 0.15) is 6.61 Å². The average Bonchev–Trinajstić information content (AvgIpc) is 3.26. The first-order valence-electron chi connectivity index (χ1n) is 12.7. The van der Waals surface area contributed by atoms with Crippen LogP contribution in [0.25, 0.3) is 6.08 Å². The second kappa shape index (κ2) is 12.2. The molecule has 0 aliphatic carbocycles. The second-order valence-corrected chi connectivity index (χ2v) is 11.2. The average molecular weight is 667 g/mol. The summed E-state index contributed by atoms with van der Waals surface area (Å²) in [7, 11) is 1.60. The molecule has 0 radical (unpaired) electrons. The van der Waals surface area contributed by atoms with Gasteiger partial charge in [-0.15, -0.1) is 0 Å². The normalized spacial score (nSPS) is 14.9. The number of rotatable bonds is 8. The summed E-state index contributed by atoms with van der Waals surface area (Å²) < 4.78 is 20.0. The largest absolute Gasteiger partial charge is 0.493 e. The molecule has 3 aromatic carbocycles. The summed E-state index contributed by atoms with van der Waals surface area (Å²) in [6.07, 6.45) is 1.82. The van der Waals surface area contributed by atoms with Gasteiger partial charge in [0.15, 0.2) is 16.3 Å². The molecule has 1 aliphatic rings. The zero-order chi connectivity index (χ0) is 28.2. The zero-order valence-corrected chi connectivity index (χ0v) is 25.2. The Morgan fingerprint density at radius 3 is 2.48 bits per heavy atom. The first kappa shape index (κ1) is 27.9. The van der Waals surface area contributed by atoms with Gasteiger partial charge in [0.05, 0.1) is 39.1 Å². The fourth-order valence-electron chi connectivity index (χ4n) is 4.59. The van der Waals surface area contributed by atoms with E-state index in [9.17, 15) is 9.59 Å². The van der Waals surface area contributed by atoms with Gasteiger partial charge in [-0.2, -0.15) is 0 Å². The fraction of sp³-hybridized carbons (Fsp3) is 0.194. The fourth-order valence-corrected chi connectivity index (χ4v) is 6.41. The number of carbonyl (C=O) groups excluding carboxylic acids is 1. The van der Waals surface area contributed by atoms with E-state index in [0.29, 0.717) is 38.7 Å². The third kappa shape index (κ3) is 5.62. The number of aromatic nitrogens is 1. The molecule has 40 heavy (non-hydrogen) atoms. The van der Waals surface area contributed by atoms with Crippen LogP contribution in [0.15, 0.2) is 93.9 Å². The molecular weight excluding hydrogens is 639 g/mol. The molecule has 7 nitrogen and oxygen atoms in total. The number of hydrogen-bond acceptors (Lipinski definition) is 7. The molecule has 0 bridgehead atoms. The lowest BCUT2D eigenvalue weighted by molar-refractivity contribution is -0.139. The van der Waals surface area contributed by atoms with Crippen LogP contribution in [0, 0.1) is 3.57 Å². The number of carbonyl (C=O) groups is 1. The van der Waals surface area contributed by atoms with E-state index in [2.05, 4.69) is 27.6 Å². The minimum absolute atomic E-state index is 0.229. The number of thiazole rings is 1. The number of benzene rings is 3. The van der Waals surface area contributed by atoms with Crippen LogP contribution >= 0.6 is 33.9 Å². The Bertz CT molecular complexity index is 1760. The van der Waals surface area contributed by atoms with Crippen LogP contribution in [0.3, 0.4) is 0 Å². The molecule has 5 rings (SSSR count). The van der Waals surface area contributed by atoms with E-state index in [4.69, 9.17) is 14.2 Å². The van der Waals surface area contributed by atoms with Crippen LogP contribution in [0.4, 0.5) is 0 Å². The van der Waals surface area contributed by atoms with Crippen molar-refractivity contribution >= 4 is 46.0 Å². The molecular formula is C31H27IN2O5S. The molecule has 0 saturated carbocycles. The summed E-state index contributed by atoms with van der Waals surface area (Å²) in [6, 6.07) is 22.6. The lowest BCUT2D eigenvalue weighted by Gasteiger charge is -2.24. The minimum Gasteiger partial charge on any atom is -0.493 e. The summed E-state index contributed by atoms with van der Waals surface area (Å²) in [5, 5.41) is 0. The quantitative estimate of drug-likeness (QED) is 0.196. The Hall–Kier alpha value is -3.70. The summed E-state index contributed by atoms with van der Waals surface area (Å²) in [5.41, 5.74) is 3.32. The maximum absolute atomic E-state index is 13.8. The highest BCUT2D eigenvalue weighted by atomic mass is 127. The van der Waals surface area contributed by atoms with E-state index in [1.54, 1.807) is 25.5 Å². The number of nitrogens with zero attached hydrogens (tertiary/aromatic N) is 2. The molecule has 4 aromatic rings. The molecule has 0 N–H and O–H groups in total. The smallest absolute Gasteiger partial charge is 0.338 e. The van der Waals surface area contributed by atoms with Gasteiger partial charge in [0, 0.05) is 0 Å². The van der Waals surface area contributed by atoms with Crippen LogP contribution in [-0.2, 0) is 16.1 Å². The van der Waals surface area contributed by atoms with E-state index in [-0.39, 0.29) is 12.2 Å². The predicted molar refractivity (Wildman–Crippen MR) is 163 cm³/mol. The Balaban J connectivity index is 1.58. The molecule has 1 aromatic heterocycles. The van der Waals surface area contributed by atoms with Gasteiger partial charge < -0.3 is 14.2 Å². The molecule has 0 unspecified atom stereocenters. The first-order valence-corrected chi connectivity index (χ1v) is 14.6. The van der Waals surface area contributed by atoms with Crippen LogP contribution in [0.1, 0.15) is 36.6 Å². The van der Waals surface area contributed by atoms with E-state index < -0.39 is 12.0 Å². The van der Waals surface area contributed by atoms with Crippen molar-refractivity contribution in [3.8, 4) is 11.5 Å². The van der Waals surface area contributed by atoms with Crippen LogP contribution < -0.4 is 24.4 Å².